The van der Waals surface area contributed by atoms with Gasteiger partial charge in [-0.05, 0) is 31.4 Å². The van der Waals surface area contributed by atoms with Gasteiger partial charge in [0.2, 0.25) is 0 Å². The van der Waals surface area contributed by atoms with E-state index in [1.54, 1.807) is 19.3 Å². The Labute approximate surface area is 111 Å². The molecule has 0 aromatic carbocycles. The second-order valence-electron chi connectivity index (χ2n) is 4.49. The van der Waals surface area contributed by atoms with Crippen molar-refractivity contribution in [1.82, 2.24) is 14.5 Å². The molecule has 0 bridgehead atoms. The van der Waals surface area contributed by atoms with Crippen LogP contribution < -0.4 is 0 Å². The van der Waals surface area contributed by atoms with Crippen molar-refractivity contribution in [3.05, 3.63) is 41.7 Å². The molecule has 0 aliphatic carbocycles. The van der Waals surface area contributed by atoms with Gasteiger partial charge in [0.1, 0.15) is 5.82 Å². The van der Waals surface area contributed by atoms with E-state index in [0.717, 1.165) is 30.8 Å². The molecule has 0 unspecified atom stereocenters. The van der Waals surface area contributed by atoms with Crippen LogP contribution in [0.1, 0.15) is 35.2 Å². The predicted octanol–water partition coefficient (Wildman–Crippen LogP) is 1.93. The third kappa shape index (κ3) is 2.12. The maximum absolute atomic E-state index is 11.7. The molecular weight excluding hydrogens is 242 g/mol. The lowest BCUT2D eigenvalue weighted by atomic mass is 10.1. The van der Waals surface area contributed by atoms with Crippen LogP contribution in [-0.4, -0.2) is 27.1 Å². The fraction of sp³-hybridized carbons (Fsp3) is 0.357. The summed E-state index contributed by atoms with van der Waals surface area (Å²) in [6, 6.07) is 2.02. The first-order valence-electron chi connectivity index (χ1n) is 6.48. The van der Waals surface area contributed by atoms with Crippen LogP contribution in [0.2, 0.25) is 0 Å². The van der Waals surface area contributed by atoms with Crippen molar-refractivity contribution in [2.75, 3.05) is 6.61 Å². The summed E-state index contributed by atoms with van der Waals surface area (Å²) in [7, 11) is 0. The van der Waals surface area contributed by atoms with Crippen molar-refractivity contribution in [3.8, 4) is 5.69 Å². The molecule has 0 amide bonds. The van der Waals surface area contributed by atoms with Crippen LogP contribution in [0.25, 0.3) is 5.69 Å². The SMILES string of the molecule is CCOC(=O)c1cn2c(n1)CCCc1ccncc1-2. The number of pyridine rings is 1. The molecule has 0 radical (unpaired) electrons. The van der Waals surface area contributed by atoms with Crippen molar-refractivity contribution in [3.63, 3.8) is 0 Å². The Morgan fingerprint density at radius 3 is 3.21 bits per heavy atom. The number of aryl methyl sites for hydroxylation is 2. The number of nitrogens with zero attached hydrogens (tertiary/aromatic N) is 3. The van der Waals surface area contributed by atoms with Crippen LogP contribution in [-0.2, 0) is 17.6 Å². The van der Waals surface area contributed by atoms with Gasteiger partial charge in [0.05, 0.1) is 18.5 Å². The molecule has 98 valence electrons. The van der Waals surface area contributed by atoms with Gasteiger partial charge >= 0.3 is 5.97 Å². The smallest absolute Gasteiger partial charge is 0.358 e. The maximum Gasteiger partial charge on any atom is 0.358 e. The van der Waals surface area contributed by atoms with Gasteiger partial charge in [0.15, 0.2) is 5.69 Å². The molecule has 1 aliphatic heterocycles. The Kier molecular flexibility index (Phi) is 3.03. The Balaban J connectivity index is 2.06. The van der Waals surface area contributed by atoms with Crippen LogP contribution in [0.15, 0.2) is 24.7 Å². The zero-order valence-electron chi connectivity index (χ0n) is 10.8. The molecule has 3 heterocycles. The number of hydrogen-bond donors (Lipinski definition) is 0. The number of carbonyl (C=O) groups excluding carboxylic acids is 1. The summed E-state index contributed by atoms with van der Waals surface area (Å²) in [5, 5.41) is 0. The highest BCUT2D eigenvalue weighted by atomic mass is 16.5. The van der Waals surface area contributed by atoms with Crippen molar-refractivity contribution in [2.24, 2.45) is 0 Å². The average Bonchev–Trinajstić information content (AvgIpc) is 2.77. The number of imidazole rings is 1. The third-order valence-electron chi connectivity index (χ3n) is 3.26. The van der Waals surface area contributed by atoms with E-state index in [9.17, 15) is 4.79 Å². The lowest BCUT2D eigenvalue weighted by molar-refractivity contribution is 0.0520. The van der Waals surface area contributed by atoms with Gasteiger partial charge in [-0.3, -0.25) is 4.98 Å². The first-order chi connectivity index (χ1) is 9.29. The summed E-state index contributed by atoms with van der Waals surface area (Å²) in [5.41, 5.74) is 2.62. The summed E-state index contributed by atoms with van der Waals surface area (Å²) in [5.74, 6) is 0.531. The Bertz CT molecular complexity index is 619. The zero-order valence-corrected chi connectivity index (χ0v) is 10.8. The number of ether oxygens (including phenoxy) is 1. The molecule has 0 fully saturated rings. The summed E-state index contributed by atoms with van der Waals surface area (Å²) < 4.78 is 6.95. The number of fused-ring (bicyclic) bond motifs is 3. The number of esters is 1. The minimum absolute atomic E-state index is 0.360. The van der Waals surface area contributed by atoms with Crippen LogP contribution in [0.3, 0.4) is 0 Å². The molecule has 0 N–H and O–H groups in total. The summed E-state index contributed by atoms with van der Waals surface area (Å²) in [6.45, 7) is 2.15. The summed E-state index contributed by atoms with van der Waals surface area (Å²) in [4.78, 5) is 20.3. The van der Waals surface area contributed by atoms with E-state index in [2.05, 4.69) is 9.97 Å². The van der Waals surface area contributed by atoms with Crippen LogP contribution in [0, 0.1) is 0 Å². The highest BCUT2D eigenvalue weighted by molar-refractivity contribution is 5.87. The molecular formula is C14H15N3O2. The second-order valence-corrected chi connectivity index (χ2v) is 4.49. The average molecular weight is 257 g/mol. The molecule has 5 nitrogen and oxygen atoms in total. The first kappa shape index (κ1) is 11.9. The first-order valence-corrected chi connectivity index (χ1v) is 6.48. The number of carbonyl (C=O) groups is 1. The van der Waals surface area contributed by atoms with E-state index in [4.69, 9.17) is 4.74 Å². The molecule has 2 aromatic rings. The van der Waals surface area contributed by atoms with Crippen LogP contribution in [0.5, 0.6) is 0 Å². The molecule has 2 aromatic heterocycles. The Morgan fingerprint density at radius 1 is 1.47 bits per heavy atom. The molecule has 0 saturated carbocycles. The highest BCUT2D eigenvalue weighted by Crippen LogP contribution is 2.23. The normalized spacial score (nSPS) is 13.3. The van der Waals surface area contributed by atoms with Gasteiger partial charge in [-0.15, -0.1) is 0 Å². The number of rotatable bonds is 2. The third-order valence-corrected chi connectivity index (χ3v) is 3.26. The van der Waals surface area contributed by atoms with E-state index in [1.807, 2.05) is 16.8 Å². The lowest BCUT2D eigenvalue weighted by Crippen LogP contribution is -2.05. The van der Waals surface area contributed by atoms with E-state index < -0.39 is 0 Å². The van der Waals surface area contributed by atoms with Gasteiger partial charge in [-0.2, -0.15) is 0 Å². The molecule has 0 spiro atoms. The van der Waals surface area contributed by atoms with Gasteiger partial charge in [-0.25, -0.2) is 9.78 Å². The standard InChI is InChI=1S/C14H15N3O2/c1-2-19-14(18)11-9-17-12-8-15-7-6-10(12)4-3-5-13(17)16-11/h6-9H,2-5H2,1H3. The summed E-state index contributed by atoms with van der Waals surface area (Å²) in [6.07, 6.45) is 8.26. The van der Waals surface area contributed by atoms with Crippen molar-refractivity contribution in [1.29, 1.82) is 0 Å². The highest BCUT2D eigenvalue weighted by Gasteiger charge is 2.19. The molecule has 0 saturated heterocycles. The monoisotopic (exact) mass is 257 g/mol. The minimum atomic E-state index is -0.367. The zero-order chi connectivity index (χ0) is 13.2. The number of hydrogen-bond acceptors (Lipinski definition) is 4. The van der Waals surface area contributed by atoms with E-state index in [1.165, 1.54) is 5.56 Å². The molecule has 0 atom stereocenters. The van der Waals surface area contributed by atoms with Crippen molar-refractivity contribution >= 4 is 5.97 Å². The van der Waals surface area contributed by atoms with Crippen molar-refractivity contribution < 1.29 is 9.53 Å². The van der Waals surface area contributed by atoms with Gasteiger partial charge in [0, 0.05) is 18.8 Å². The molecule has 19 heavy (non-hydrogen) atoms. The fourth-order valence-electron chi connectivity index (χ4n) is 2.39. The molecule has 1 aliphatic rings. The van der Waals surface area contributed by atoms with Crippen molar-refractivity contribution in [2.45, 2.75) is 26.2 Å². The minimum Gasteiger partial charge on any atom is -0.461 e. The van der Waals surface area contributed by atoms with Gasteiger partial charge in [-0.1, -0.05) is 0 Å². The molecule has 3 rings (SSSR count). The van der Waals surface area contributed by atoms with Gasteiger partial charge < -0.3 is 9.30 Å². The quantitative estimate of drug-likeness (QED) is 0.771. The predicted molar refractivity (Wildman–Crippen MR) is 69.3 cm³/mol. The second kappa shape index (κ2) is 4.84. The topological polar surface area (TPSA) is 57.0 Å². The van der Waals surface area contributed by atoms with E-state index in [0.29, 0.717) is 12.3 Å². The van der Waals surface area contributed by atoms with Crippen LogP contribution >= 0.6 is 0 Å². The van der Waals surface area contributed by atoms with E-state index >= 15 is 0 Å². The van der Waals surface area contributed by atoms with Crippen LogP contribution in [0.4, 0.5) is 0 Å². The number of aromatic nitrogens is 3. The maximum atomic E-state index is 11.7. The largest absolute Gasteiger partial charge is 0.461 e. The lowest BCUT2D eigenvalue weighted by Gasteiger charge is -2.06. The van der Waals surface area contributed by atoms with Gasteiger partial charge in [0.25, 0.3) is 0 Å². The fourth-order valence-corrected chi connectivity index (χ4v) is 2.39. The Hall–Kier alpha value is -2.17. The summed E-state index contributed by atoms with van der Waals surface area (Å²) >= 11 is 0. The van der Waals surface area contributed by atoms with E-state index in [-0.39, 0.29) is 5.97 Å². The Morgan fingerprint density at radius 2 is 2.37 bits per heavy atom. The molecule has 5 heteroatoms.